The van der Waals surface area contributed by atoms with Crippen molar-refractivity contribution >= 4 is 22.7 Å². The summed E-state index contributed by atoms with van der Waals surface area (Å²) in [5.74, 6) is -0.472. The summed E-state index contributed by atoms with van der Waals surface area (Å²) in [6, 6.07) is 6.83. The number of esters is 1. The molecule has 0 aliphatic heterocycles. The largest absolute Gasteiger partial charge is 0.452 e. The van der Waals surface area contributed by atoms with E-state index in [9.17, 15) is 13.8 Å². The van der Waals surface area contributed by atoms with Crippen molar-refractivity contribution < 1.29 is 18.5 Å². The summed E-state index contributed by atoms with van der Waals surface area (Å²) < 4.78 is 17.0. The predicted molar refractivity (Wildman–Crippen MR) is 84.1 cm³/mol. The second-order valence-electron chi connectivity index (χ2n) is 5.26. The van der Waals surface area contributed by atoms with Gasteiger partial charge in [-0.25, -0.2) is 4.79 Å². The molecule has 22 heavy (non-hydrogen) atoms. The van der Waals surface area contributed by atoms with Gasteiger partial charge in [-0.3, -0.25) is 9.00 Å². The van der Waals surface area contributed by atoms with Crippen LogP contribution in [0.2, 0.25) is 0 Å². The van der Waals surface area contributed by atoms with Gasteiger partial charge in [-0.1, -0.05) is 31.9 Å². The molecule has 2 rings (SSSR count). The van der Waals surface area contributed by atoms with Gasteiger partial charge in [0.05, 0.1) is 21.3 Å². The minimum atomic E-state index is -1.24. The molecule has 0 unspecified atom stereocenters. The van der Waals surface area contributed by atoms with Crippen molar-refractivity contribution in [2.45, 2.75) is 43.5 Å². The molecule has 1 amide bonds. The molecule has 0 aromatic heterocycles. The maximum Gasteiger partial charge on any atom is 0.339 e. The maximum absolute atomic E-state index is 12.1. The van der Waals surface area contributed by atoms with Crippen LogP contribution >= 0.6 is 0 Å². The molecule has 1 fully saturated rings. The average molecular weight is 323 g/mol. The Kier molecular flexibility index (Phi) is 6.12. The minimum Gasteiger partial charge on any atom is -0.452 e. The highest BCUT2D eigenvalue weighted by Crippen LogP contribution is 2.18. The monoisotopic (exact) mass is 323 g/mol. The van der Waals surface area contributed by atoms with E-state index in [1.807, 2.05) is 0 Å². The van der Waals surface area contributed by atoms with E-state index in [-0.39, 0.29) is 24.1 Å². The number of rotatable bonds is 6. The van der Waals surface area contributed by atoms with Gasteiger partial charge in [-0.05, 0) is 25.0 Å². The topological polar surface area (TPSA) is 72.5 Å². The van der Waals surface area contributed by atoms with Crippen LogP contribution in [-0.4, -0.2) is 34.5 Å². The van der Waals surface area contributed by atoms with Crippen molar-refractivity contribution in [1.29, 1.82) is 0 Å². The molecule has 1 saturated carbocycles. The van der Waals surface area contributed by atoms with Crippen molar-refractivity contribution in [2.24, 2.45) is 0 Å². The van der Waals surface area contributed by atoms with Crippen LogP contribution < -0.4 is 5.32 Å². The highest BCUT2D eigenvalue weighted by molar-refractivity contribution is 7.85. The van der Waals surface area contributed by atoms with Crippen molar-refractivity contribution in [3.63, 3.8) is 0 Å². The van der Waals surface area contributed by atoms with Gasteiger partial charge in [0.25, 0.3) is 5.91 Å². The fourth-order valence-corrected chi connectivity index (χ4v) is 3.48. The molecule has 1 aliphatic carbocycles. The summed E-state index contributed by atoms with van der Waals surface area (Å²) in [6.45, 7) is 1.48. The van der Waals surface area contributed by atoms with Crippen molar-refractivity contribution in [3.8, 4) is 0 Å². The fraction of sp³-hybridized carbons (Fsp3) is 0.500. The molecule has 0 bridgehead atoms. The minimum absolute atomic E-state index is 0.200. The highest BCUT2D eigenvalue weighted by atomic mass is 32.2. The summed E-state index contributed by atoms with van der Waals surface area (Å²) in [4.78, 5) is 24.3. The third-order valence-corrected chi connectivity index (χ3v) is 5.04. The lowest BCUT2D eigenvalue weighted by molar-refractivity contribution is -0.124. The molecular formula is C16H21NO4S. The molecule has 1 N–H and O–H groups in total. The lowest BCUT2D eigenvalue weighted by Gasteiger charge is -2.12. The number of benzene rings is 1. The van der Waals surface area contributed by atoms with Crippen LogP contribution in [0.5, 0.6) is 0 Å². The molecule has 0 radical (unpaired) electrons. The molecule has 1 atom stereocenters. The van der Waals surface area contributed by atoms with E-state index in [2.05, 4.69) is 5.32 Å². The fourth-order valence-electron chi connectivity index (χ4n) is 2.54. The van der Waals surface area contributed by atoms with E-state index < -0.39 is 16.8 Å². The molecular weight excluding hydrogens is 302 g/mol. The number of hydrogen-bond acceptors (Lipinski definition) is 4. The Labute approximate surface area is 132 Å². The number of ether oxygens (including phenoxy) is 1. The van der Waals surface area contributed by atoms with E-state index in [0.29, 0.717) is 10.6 Å². The zero-order valence-corrected chi connectivity index (χ0v) is 13.5. The second-order valence-corrected chi connectivity index (χ2v) is 6.96. The Morgan fingerprint density at radius 2 is 1.95 bits per heavy atom. The Morgan fingerprint density at radius 3 is 2.64 bits per heavy atom. The van der Waals surface area contributed by atoms with Gasteiger partial charge in [-0.15, -0.1) is 0 Å². The predicted octanol–water partition coefficient (Wildman–Crippen LogP) is 2.03. The molecule has 5 nitrogen and oxygen atoms in total. The lowest BCUT2D eigenvalue weighted by atomic mass is 10.2. The normalized spacial score (nSPS) is 16.2. The lowest BCUT2D eigenvalue weighted by Crippen LogP contribution is -2.36. The molecule has 6 heteroatoms. The molecule has 120 valence electrons. The molecule has 0 saturated heterocycles. The van der Waals surface area contributed by atoms with Crippen molar-refractivity contribution in [2.75, 3.05) is 12.4 Å². The van der Waals surface area contributed by atoms with E-state index in [1.165, 1.54) is 0 Å². The molecule has 0 spiro atoms. The number of carbonyl (C=O) groups excluding carboxylic acids is 2. The quantitative estimate of drug-likeness (QED) is 0.813. The Balaban J connectivity index is 1.92. The van der Waals surface area contributed by atoms with Crippen molar-refractivity contribution in [1.82, 2.24) is 5.32 Å². The van der Waals surface area contributed by atoms with Gasteiger partial charge in [0.1, 0.15) is 0 Å². The summed E-state index contributed by atoms with van der Waals surface area (Å²) in [6.07, 6.45) is 4.22. The molecule has 1 aromatic rings. The Hall–Kier alpha value is -1.69. The third-order valence-electron chi connectivity index (χ3n) is 3.67. The van der Waals surface area contributed by atoms with Crippen LogP contribution in [0.1, 0.15) is 43.0 Å². The summed E-state index contributed by atoms with van der Waals surface area (Å²) in [7, 11) is -1.24. The molecule has 1 aromatic carbocycles. The Bertz CT molecular complexity index is 567. The Morgan fingerprint density at radius 1 is 1.27 bits per heavy atom. The van der Waals surface area contributed by atoms with Gasteiger partial charge in [-0.2, -0.15) is 0 Å². The first-order valence-corrected chi connectivity index (χ1v) is 8.87. The number of carbonyl (C=O) groups is 2. The van der Waals surface area contributed by atoms with Gasteiger partial charge in [0, 0.05) is 11.8 Å². The van der Waals surface area contributed by atoms with Crippen LogP contribution in [0.15, 0.2) is 29.2 Å². The van der Waals surface area contributed by atoms with Gasteiger partial charge in [0.15, 0.2) is 6.61 Å². The van der Waals surface area contributed by atoms with E-state index >= 15 is 0 Å². The summed E-state index contributed by atoms with van der Waals surface area (Å²) in [5.41, 5.74) is 0.261. The van der Waals surface area contributed by atoms with Crippen molar-refractivity contribution in [3.05, 3.63) is 29.8 Å². The number of hydrogen-bond donors (Lipinski definition) is 1. The van der Waals surface area contributed by atoms with E-state index in [4.69, 9.17) is 4.74 Å². The maximum atomic E-state index is 12.1. The third kappa shape index (κ3) is 4.40. The first-order valence-electron chi connectivity index (χ1n) is 7.55. The smallest absolute Gasteiger partial charge is 0.339 e. The van der Waals surface area contributed by atoms with Gasteiger partial charge < -0.3 is 10.1 Å². The van der Waals surface area contributed by atoms with Crippen LogP contribution in [0.3, 0.4) is 0 Å². The van der Waals surface area contributed by atoms with Gasteiger partial charge >= 0.3 is 5.97 Å². The van der Waals surface area contributed by atoms with Gasteiger partial charge in [0.2, 0.25) is 0 Å². The number of amides is 1. The van der Waals surface area contributed by atoms with Crippen LogP contribution in [0.25, 0.3) is 0 Å². The number of nitrogens with one attached hydrogen (secondary N) is 1. The summed E-state index contributed by atoms with van der Waals surface area (Å²) in [5, 5.41) is 2.86. The average Bonchev–Trinajstić information content (AvgIpc) is 3.04. The van der Waals surface area contributed by atoms with Crippen LogP contribution in [0.4, 0.5) is 0 Å². The van der Waals surface area contributed by atoms with E-state index in [1.54, 1.807) is 31.2 Å². The zero-order chi connectivity index (χ0) is 15.9. The SMILES string of the molecule is CC[S@@](=O)c1ccccc1C(=O)OCC(=O)NC1CCCC1. The summed E-state index contributed by atoms with van der Waals surface area (Å²) >= 11 is 0. The highest BCUT2D eigenvalue weighted by Gasteiger charge is 2.20. The second kappa shape index (κ2) is 8.08. The van der Waals surface area contributed by atoms with Crippen LogP contribution in [0, 0.1) is 0 Å². The zero-order valence-electron chi connectivity index (χ0n) is 12.7. The first kappa shape index (κ1) is 16.7. The molecule has 1 aliphatic rings. The molecule has 0 heterocycles. The van der Waals surface area contributed by atoms with E-state index in [0.717, 1.165) is 25.7 Å². The first-order chi connectivity index (χ1) is 10.6. The van der Waals surface area contributed by atoms with Crippen LogP contribution in [-0.2, 0) is 20.3 Å². The standard InChI is InChI=1S/C16H21NO4S/c1-2-22(20)14-10-6-5-9-13(14)16(19)21-11-15(18)17-12-7-3-4-8-12/h5-6,9-10,12H,2-4,7-8,11H2,1H3,(H,17,18)/t22-/m1/s1.